The maximum atomic E-state index is 13.1. The van der Waals surface area contributed by atoms with E-state index in [2.05, 4.69) is 29.5 Å². The summed E-state index contributed by atoms with van der Waals surface area (Å²) in [5, 5.41) is 6.30. The number of hydrogen-bond donors (Lipinski definition) is 2. The van der Waals surface area contributed by atoms with Gasteiger partial charge in [-0.05, 0) is 36.5 Å². The zero-order chi connectivity index (χ0) is 17.1. The Morgan fingerprint density at radius 2 is 1.78 bits per heavy atom. The number of ether oxygens (including phenoxy) is 1. The normalized spacial score (nSPS) is 11.8. The average Bonchev–Trinajstić information content (AvgIpc) is 2.47. The fraction of sp³-hybridized carbons (Fsp3) is 0.588. The molecular formula is C17H27F2N3O. The van der Waals surface area contributed by atoms with Gasteiger partial charge in [0.1, 0.15) is 11.6 Å². The van der Waals surface area contributed by atoms with Crippen LogP contribution in [0, 0.1) is 17.6 Å². The van der Waals surface area contributed by atoms with Crippen LogP contribution in [0.2, 0.25) is 0 Å². The molecule has 0 bridgehead atoms. The molecule has 0 aliphatic rings. The molecule has 1 aromatic rings. The molecule has 130 valence electrons. The minimum Gasteiger partial charge on any atom is -0.381 e. The van der Waals surface area contributed by atoms with Crippen LogP contribution in [0.4, 0.5) is 8.78 Å². The van der Waals surface area contributed by atoms with E-state index < -0.39 is 11.6 Å². The maximum Gasteiger partial charge on any atom is 0.190 e. The van der Waals surface area contributed by atoms with Crippen LogP contribution in [0.25, 0.3) is 0 Å². The first kappa shape index (κ1) is 19.4. The SMILES string of the molecule is CN=C(NCCCOCC(C)C)NCCc1cc(F)cc(F)c1. The van der Waals surface area contributed by atoms with Crippen molar-refractivity contribution in [2.24, 2.45) is 10.9 Å². The summed E-state index contributed by atoms with van der Waals surface area (Å²) in [7, 11) is 1.69. The molecule has 0 fully saturated rings. The molecule has 0 aliphatic carbocycles. The number of aliphatic imine (C=N–C) groups is 1. The lowest BCUT2D eigenvalue weighted by molar-refractivity contribution is 0.108. The van der Waals surface area contributed by atoms with E-state index in [4.69, 9.17) is 4.74 Å². The van der Waals surface area contributed by atoms with Gasteiger partial charge in [-0.15, -0.1) is 0 Å². The molecule has 0 saturated heterocycles. The largest absolute Gasteiger partial charge is 0.381 e. The summed E-state index contributed by atoms with van der Waals surface area (Å²) in [5.41, 5.74) is 0.618. The summed E-state index contributed by atoms with van der Waals surface area (Å²) >= 11 is 0. The molecule has 0 amide bonds. The van der Waals surface area contributed by atoms with Gasteiger partial charge in [0.25, 0.3) is 0 Å². The first-order chi connectivity index (χ1) is 11.0. The second-order valence-corrected chi connectivity index (χ2v) is 5.78. The molecular weight excluding hydrogens is 300 g/mol. The fourth-order valence-corrected chi connectivity index (χ4v) is 2.00. The van der Waals surface area contributed by atoms with Crippen LogP contribution in [0.3, 0.4) is 0 Å². The molecule has 0 heterocycles. The van der Waals surface area contributed by atoms with Crippen LogP contribution < -0.4 is 10.6 Å². The van der Waals surface area contributed by atoms with Gasteiger partial charge in [-0.3, -0.25) is 4.99 Å². The summed E-state index contributed by atoms with van der Waals surface area (Å²) < 4.78 is 31.7. The Balaban J connectivity index is 2.19. The summed E-state index contributed by atoms with van der Waals surface area (Å²) in [6.07, 6.45) is 1.41. The molecule has 2 N–H and O–H groups in total. The average molecular weight is 327 g/mol. The van der Waals surface area contributed by atoms with Crippen molar-refractivity contribution in [3.05, 3.63) is 35.4 Å². The Bertz CT molecular complexity index is 472. The molecule has 0 aromatic heterocycles. The number of nitrogens with one attached hydrogen (secondary N) is 2. The van der Waals surface area contributed by atoms with E-state index >= 15 is 0 Å². The number of benzene rings is 1. The molecule has 0 atom stereocenters. The van der Waals surface area contributed by atoms with Crippen LogP contribution in [0.5, 0.6) is 0 Å². The van der Waals surface area contributed by atoms with Crippen molar-refractivity contribution in [1.29, 1.82) is 0 Å². The van der Waals surface area contributed by atoms with Crippen LogP contribution in [0.1, 0.15) is 25.8 Å². The highest BCUT2D eigenvalue weighted by molar-refractivity contribution is 5.79. The van der Waals surface area contributed by atoms with E-state index in [-0.39, 0.29) is 0 Å². The lowest BCUT2D eigenvalue weighted by Crippen LogP contribution is -2.39. The summed E-state index contributed by atoms with van der Waals surface area (Å²) in [5.74, 6) is 0.114. The predicted molar refractivity (Wildman–Crippen MR) is 89.7 cm³/mol. The summed E-state index contributed by atoms with van der Waals surface area (Å²) in [6, 6.07) is 3.55. The first-order valence-electron chi connectivity index (χ1n) is 7.98. The molecule has 6 heteroatoms. The Kier molecular flexibility index (Phi) is 9.21. The van der Waals surface area contributed by atoms with Crippen LogP contribution in [-0.4, -0.2) is 39.3 Å². The molecule has 0 unspecified atom stereocenters. The third-order valence-corrected chi connectivity index (χ3v) is 3.06. The van der Waals surface area contributed by atoms with Crippen LogP contribution >= 0.6 is 0 Å². The quantitative estimate of drug-likeness (QED) is 0.416. The van der Waals surface area contributed by atoms with Crippen molar-refractivity contribution in [2.75, 3.05) is 33.4 Å². The Morgan fingerprint density at radius 3 is 2.39 bits per heavy atom. The lowest BCUT2D eigenvalue weighted by atomic mass is 10.1. The van der Waals surface area contributed by atoms with Gasteiger partial charge < -0.3 is 15.4 Å². The van der Waals surface area contributed by atoms with Crippen molar-refractivity contribution in [2.45, 2.75) is 26.7 Å². The van der Waals surface area contributed by atoms with Crippen LogP contribution in [0.15, 0.2) is 23.2 Å². The zero-order valence-corrected chi connectivity index (χ0v) is 14.2. The van der Waals surface area contributed by atoms with Gasteiger partial charge in [0.05, 0.1) is 0 Å². The van der Waals surface area contributed by atoms with Gasteiger partial charge in [-0.25, -0.2) is 8.78 Å². The van der Waals surface area contributed by atoms with Crippen molar-refractivity contribution >= 4 is 5.96 Å². The van der Waals surface area contributed by atoms with Gasteiger partial charge in [-0.1, -0.05) is 13.8 Å². The number of hydrogen-bond acceptors (Lipinski definition) is 2. The fourth-order valence-electron chi connectivity index (χ4n) is 2.00. The highest BCUT2D eigenvalue weighted by atomic mass is 19.1. The molecule has 4 nitrogen and oxygen atoms in total. The van der Waals surface area contributed by atoms with E-state index in [1.54, 1.807) is 7.05 Å². The third-order valence-electron chi connectivity index (χ3n) is 3.06. The summed E-state index contributed by atoms with van der Waals surface area (Å²) in [6.45, 7) is 7.03. The second kappa shape index (κ2) is 10.9. The van der Waals surface area contributed by atoms with Gasteiger partial charge >= 0.3 is 0 Å². The molecule has 23 heavy (non-hydrogen) atoms. The maximum absolute atomic E-state index is 13.1. The van der Waals surface area contributed by atoms with Crippen LogP contribution in [-0.2, 0) is 11.2 Å². The molecule has 0 saturated carbocycles. The van der Waals surface area contributed by atoms with Gasteiger partial charge in [0, 0.05) is 39.4 Å². The van der Waals surface area contributed by atoms with Crippen molar-refractivity contribution in [1.82, 2.24) is 10.6 Å². The molecule has 1 rings (SSSR count). The van der Waals surface area contributed by atoms with E-state index in [0.29, 0.717) is 37.0 Å². The minimum atomic E-state index is -0.552. The van der Waals surface area contributed by atoms with E-state index in [9.17, 15) is 8.78 Å². The number of halogens is 2. The number of guanidine groups is 1. The highest BCUT2D eigenvalue weighted by Gasteiger charge is 2.02. The van der Waals surface area contributed by atoms with E-state index in [1.165, 1.54) is 12.1 Å². The second-order valence-electron chi connectivity index (χ2n) is 5.78. The third kappa shape index (κ3) is 9.13. The highest BCUT2D eigenvalue weighted by Crippen LogP contribution is 2.08. The van der Waals surface area contributed by atoms with Gasteiger partial charge in [-0.2, -0.15) is 0 Å². The molecule has 0 aliphatic heterocycles. The molecule has 1 aromatic carbocycles. The smallest absolute Gasteiger partial charge is 0.190 e. The van der Waals surface area contributed by atoms with E-state index in [1.807, 2.05) is 0 Å². The van der Waals surface area contributed by atoms with E-state index in [0.717, 1.165) is 25.6 Å². The topological polar surface area (TPSA) is 45.7 Å². The van der Waals surface area contributed by atoms with Gasteiger partial charge in [0.2, 0.25) is 0 Å². The van der Waals surface area contributed by atoms with Crippen molar-refractivity contribution in [3.8, 4) is 0 Å². The monoisotopic (exact) mass is 327 g/mol. The Morgan fingerprint density at radius 1 is 1.13 bits per heavy atom. The van der Waals surface area contributed by atoms with Crippen molar-refractivity contribution < 1.29 is 13.5 Å². The summed E-state index contributed by atoms with van der Waals surface area (Å²) in [4.78, 5) is 4.11. The Labute approximate surface area is 137 Å². The standard InChI is InChI=1S/C17H27F2N3O/c1-13(2)12-23-8-4-6-21-17(20-3)22-7-5-14-9-15(18)11-16(19)10-14/h9-11,13H,4-8,12H2,1-3H3,(H2,20,21,22). The zero-order valence-electron chi connectivity index (χ0n) is 14.2. The number of rotatable bonds is 9. The number of nitrogens with zero attached hydrogens (tertiary/aromatic N) is 1. The molecule has 0 spiro atoms. The lowest BCUT2D eigenvalue weighted by Gasteiger charge is -2.12. The van der Waals surface area contributed by atoms with Gasteiger partial charge in [0.15, 0.2) is 5.96 Å². The predicted octanol–water partition coefficient (Wildman–Crippen LogP) is 2.74. The molecule has 0 radical (unpaired) electrons. The Hall–Kier alpha value is -1.69. The first-order valence-corrected chi connectivity index (χ1v) is 7.98. The minimum absolute atomic E-state index is 0.521. The van der Waals surface area contributed by atoms with Crippen molar-refractivity contribution in [3.63, 3.8) is 0 Å².